The Labute approximate surface area is 200 Å². The standard InChI is InChI=1S/C26H23BrN2O4/c1-16-14-19-6-3-4-9-23(19)29(16)25(31)17(2)33-26(32)20-7-5-8-22(15-20)28-24(30)18-10-12-21(27)13-11-18/h3-13,15-17H,14H2,1-2H3,(H,28,30). The lowest BCUT2D eigenvalue weighted by Gasteiger charge is -2.26. The number of halogens is 1. The number of carbonyl (C=O) groups is 3. The minimum atomic E-state index is -0.952. The molecule has 7 heteroatoms. The fourth-order valence-corrected chi connectivity index (χ4v) is 4.17. The van der Waals surface area contributed by atoms with Gasteiger partial charge in [-0.25, -0.2) is 4.79 Å². The van der Waals surface area contributed by atoms with Gasteiger partial charge in [0.05, 0.1) is 5.56 Å². The number of hydrogen-bond acceptors (Lipinski definition) is 4. The number of benzene rings is 3. The van der Waals surface area contributed by atoms with Crippen molar-refractivity contribution in [2.24, 2.45) is 0 Å². The number of nitrogens with one attached hydrogen (secondary N) is 1. The first-order valence-corrected chi connectivity index (χ1v) is 11.4. The predicted molar refractivity (Wildman–Crippen MR) is 131 cm³/mol. The molecule has 1 heterocycles. The second kappa shape index (κ2) is 9.58. The molecule has 3 aromatic rings. The molecular weight excluding hydrogens is 484 g/mol. The number of amides is 2. The highest BCUT2D eigenvalue weighted by Gasteiger charge is 2.34. The van der Waals surface area contributed by atoms with E-state index in [4.69, 9.17) is 4.74 Å². The fraction of sp³-hybridized carbons (Fsp3) is 0.192. The first-order chi connectivity index (χ1) is 15.8. The Kier molecular flexibility index (Phi) is 6.60. The third kappa shape index (κ3) is 4.98. The van der Waals surface area contributed by atoms with Crippen LogP contribution in [0.2, 0.25) is 0 Å². The molecule has 0 aromatic heterocycles. The fourth-order valence-electron chi connectivity index (χ4n) is 3.90. The summed E-state index contributed by atoms with van der Waals surface area (Å²) in [5.41, 5.74) is 3.16. The van der Waals surface area contributed by atoms with Crippen molar-refractivity contribution in [3.05, 3.63) is 94.0 Å². The Morgan fingerprint density at radius 1 is 1.00 bits per heavy atom. The third-order valence-electron chi connectivity index (χ3n) is 5.54. The quantitative estimate of drug-likeness (QED) is 0.481. The molecule has 6 nitrogen and oxygen atoms in total. The molecule has 1 aliphatic heterocycles. The van der Waals surface area contributed by atoms with Crippen molar-refractivity contribution < 1.29 is 19.1 Å². The molecule has 1 N–H and O–H groups in total. The zero-order valence-electron chi connectivity index (χ0n) is 18.2. The molecule has 1 aliphatic rings. The summed E-state index contributed by atoms with van der Waals surface area (Å²) in [6.45, 7) is 3.55. The largest absolute Gasteiger partial charge is 0.449 e. The molecular formula is C26H23BrN2O4. The van der Waals surface area contributed by atoms with Crippen molar-refractivity contribution >= 4 is 45.1 Å². The Balaban J connectivity index is 1.43. The number of nitrogens with zero attached hydrogens (tertiary/aromatic N) is 1. The zero-order valence-corrected chi connectivity index (χ0v) is 19.8. The van der Waals surface area contributed by atoms with E-state index in [0.717, 1.165) is 22.1 Å². The topological polar surface area (TPSA) is 75.7 Å². The van der Waals surface area contributed by atoms with Gasteiger partial charge in [-0.15, -0.1) is 0 Å². The van der Waals surface area contributed by atoms with Gasteiger partial charge in [-0.1, -0.05) is 40.2 Å². The van der Waals surface area contributed by atoms with Crippen molar-refractivity contribution in [3.63, 3.8) is 0 Å². The van der Waals surface area contributed by atoms with Crippen LogP contribution < -0.4 is 10.2 Å². The number of para-hydroxylation sites is 1. The van der Waals surface area contributed by atoms with Crippen molar-refractivity contribution in [1.82, 2.24) is 0 Å². The van der Waals surface area contributed by atoms with E-state index in [9.17, 15) is 14.4 Å². The molecule has 2 unspecified atom stereocenters. The normalized spacial score (nSPS) is 15.5. The minimum Gasteiger partial charge on any atom is -0.449 e. The first-order valence-electron chi connectivity index (χ1n) is 10.6. The van der Waals surface area contributed by atoms with Gasteiger partial charge >= 0.3 is 5.97 Å². The van der Waals surface area contributed by atoms with E-state index < -0.39 is 12.1 Å². The third-order valence-corrected chi connectivity index (χ3v) is 6.07. The van der Waals surface area contributed by atoms with Crippen LogP contribution in [-0.4, -0.2) is 29.9 Å². The van der Waals surface area contributed by atoms with Gasteiger partial charge in [-0.2, -0.15) is 0 Å². The molecule has 168 valence electrons. The maximum atomic E-state index is 13.1. The second-order valence-corrected chi connectivity index (χ2v) is 8.90. The van der Waals surface area contributed by atoms with Crippen molar-refractivity contribution in [2.75, 3.05) is 10.2 Å². The molecule has 0 aliphatic carbocycles. The maximum Gasteiger partial charge on any atom is 0.338 e. The van der Waals surface area contributed by atoms with Crippen LogP contribution in [0.25, 0.3) is 0 Å². The number of hydrogen-bond donors (Lipinski definition) is 1. The van der Waals surface area contributed by atoms with Gasteiger partial charge in [0.1, 0.15) is 0 Å². The van der Waals surface area contributed by atoms with E-state index in [0.29, 0.717) is 11.3 Å². The maximum absolute atomic E-state index is 13.1. The van der Waals surface area contributed by atoms with Crippen LogP contribution >= 0.6 is 15.9 Å². The van der Waals surface area contributed by atoms with E-state index in [1.165, 1.54) is 6.07 Å². The molecule has 0 saturated heterocycles. The first kappa shape index (κ1) is 22.7. The smallest absolute Gasteiger partial charge is 0.338 e. The lowest BCUT2D eigenvalue weighted by atomic mass is 10.1. The Hall–Kier alpha value is -3.45. The van der Waals surface area contributed by atoms with Gasteiger partial charge < -0.3 is 15.0 Å². The highest BCUT2D eigenvalue weighted by atomic mass is 79.9. The van der Waals surface area contributed by atoms with E-state index in [2.05, 4.69) is 21.2 Å². The molecule has 0 fully saturated rings. The van der Waals surface area contributed by atoms with E-state index in [1.54, 1.807) is 54.3 Å². The number of ether oxygens (including phenoxy) is 1. The summed E-state index contributed by atoms with van der Waals surface area (Å²) in [5, 5.41) is 2.77. The summed E-state index contributed by atoms with van der Waals surface area (Å²) in [4.78, 5) is 40.0. The number of fused-ring (bicyclic) bond motifs is 1. The summed E-state index contributed by atoms with van der Waals surface area (Å²) in [7, 11) is 0. The SMILES string of the molecule is CC(OC(=O)c1cccc(NC(=O)c2ccc(Br)cc2)c1)C(=O)N1c2ccccc2CC1C. The number of anilines is 2. The summed E-state index contributed by atoms with van der Waals surface area (Å²) >= 11 is 3.34. The molecule has 0 bridgehead atoms. The molecule has 2 atom stereocenters. The van der Waals surface area contributed by atoms with Gasteiger partial charge in [0.2, 0.25) is 0 Å². The van der Waals surface area contributed by atoms with Gasteiger partial charge in [0.25, 0.3) is 11.8 Å². The van der Waals surface area contributed by atoms with Crippen LogP contribution in [-0.2, 0) is 16.0 Å². The molecule has 33 heavy (non-hydrogen) atoms. The van der Waals surface area contributed by atoms with Crippen LogP contribution in [0.5, 0.6) is 0 Å². The van der Waals surface area contributed by atoms with E-state index in [-0.39, 0.29) is 23.4 Å². The molecule has 2 amide bonds. The molecule has 0 spiro atoms. The molecule has 0 radical (unpaired) electrons. The van der Waals surface area contributed by atoms with Crippen molar-refractivity contribution in [3.8, 4) is 0 Å². The Morgan fingerprint density at radius 2 is 1.73 bits per heavy atom. The highest BCUT2D eigenvalue weighted by molar-refractivity contribution is 9.10. The van der Waals surface area contributed by atoms with Crippen LogP contribution in [0.3, 0.4) is 0 Å². The van der Waals surface area contributed by atoms with Gasteiger partial charge in [-0.05, 0) is 74.4 Å². The molecule has 0 saturated carbocycles. The summed E-state index contributed by atoms with van der Waals surface area (Å²) in [6, 6.07) is 21.1. The number of carbonyl (C=O) groups excluding carboxylic acids is 3. The monoisotopic (exact) mass is 506 g/mol. The van der Waals surface area contributed by atoms with E-state index >= 15 is 0 Å². The average Bonchev–Trinajstić information content (AvgIpc) is 3.14. The zero-order chi connectivity index (χ0) is 23.5. The minimum absolute atomic E-state index is 0.00629. The lowest BCUT2D eigenvalue weighted by Crippen LogP contribution is -2.43. The van der Waals surface area contributed by atoms with Crippen LogP contribution in [0.1, 0.15) is 40.1 Å². The predicted octanol–water partition coefficient (Wildman–Crippen LogP) is 5.22. The van der Waals surface area contributed by atoms with Gasteiger partial charge in [0.15, 0.2) is 6.10 Å². The van der Waals surface area contributed by atoms with Crippen molar-refractivity contribution in [1.29, 1.82) is 0 Å². The van der Waals surface area contributed by atoms with E-state index in [1.807, 2.05) is 31.2 Å². The average molecular weight is 507 g/mol. The lowest BCUT2D eigenvalue weighted by molar-refractivity contribution is -0.126. The van der Waals surface area contributed by atoms with Crippen LogP contribution in [0.4, 0.5) is 11.4 Å². The number of esters is 1. The Bertz CT molecular complexity index is 1210. The highest BCUT2D eigenvalue weighted by Crippen LogP contribution is 2.32. The second-order valence-electron chi connectivity index (χ2n) is 7.98. The molecule has 4 rings (SSSR count). The van der Waals surface area contributed by atoms with Gasteiger partial charge in [0, 0.05) is 27.5 Å². The summed E-state index contributed by atoms with van der Waals surface area (Å²) < 4.78 is 6.36. The van der Waals surface area contributed by atoms with Crippen LogP contribution in [0, 0.1) is 0 Å². The van der Waals surface area contributed by atoms with Gasteiger partial charge in [-0.3, -0.25) is 9.59 Å². The molecule has 3 aromatic carbocycles. The number of rotatable bonds is 5. The van der Waals surface area contributed by atoms with Crippen molar-refractivity contribution in [2.45, 2.75) is 32.4 Å². The Morgan fingerprint density at radius 3 is 2.48 bits per heavy atom. The summed E-state index contributed by atoms with van der Waals surface area (Å²) in [5.74, 6) is -1.19. The van der Waals surface area contributed by atoms with Crippen LogP contribution in [0.15, 0.2) is 77.3 Å². The summed E-state index contributed by atoms with van der Waals surface area (Å²) in [6.07, 6.45) is -0.185.